The highest BCUT2D eigenvalue weighted by Gasteiger charge is 2.26. The Morgan fingerprint density at radius 2 is 2.09 bits per heavy atom. The fourth-order valence-corrected chi connectivity index (χ4v) is 1.99. The van der Waals surface area contributed by atoms with Crippen molar-refractivity contribution in [3.63, 3.8) is 0 Å². The van der Waals surface area contributed by atoms with Crippen LogP contribution in [0.3, 0.4) is 0 Å². The van der Waals surface area contributed by atoms with Gasteiger partial charge in [0, 0.05) is 12.1 Å². The third kappa shape index (κ3) is 3.58. The molecule has 0 spiro atoms. The van der Waals surface area contributed by atoms with Gasteiger partial charge >= 0.3 is 5.97 Å². The van der Waals surface area contributed by atoms with E-state index in [1.165, 1.54) is 6.08 Å². The Labute approximate surface area is 128 Å². The summed E-state index contributed by atoms with van der Waals surface area (Å²) < 4.78 is 15.5. The number of nitrogens with one attached hydrogen (secondary N) is 1. The number of fused-ring (bicyclic) bond motifs is 1. The fourth-order valence-electron chi connectivity index (χ4n) is 1.99. The number of hydrogen-bond acceptors (Lipinski definition) is 5. The van der Waals surface area contributed by atoms with Crippen LogP contribution in [-0.2, 0) is 14.3 Å². The van der Waals surface area contributed by atoms with Crippen molar-refractivity contribution in [2.45, 2.75) is 31.9 Å². The number of hydrogen-bond donors (Lipinski definition) is 1. The molecule has 0 radical (unpaired) electrons. The predicted molar refractivity (Wildman–Crippen MR) is 78.3 cm³/mol. The Kier molecular flexibility index (Phi) is 4.00. The first kappa shape index (κ1) is 14.4. The molecular weight excluding hydrogens is 286 g/mol. The van der Waals surface area contributed by atoms with Crippen molar-refractivity contribution in [1.29, 1.82) is 0 Å². The van der Waals surface area contributed by atoms with E-state index in [4.69, 9.17) is 14.2 Å². The molecule has 1 fully saturated rings. The second kappa shape index (κ2) is 6.09. The van der Waals surface area contributed by atoms with Crippen LogP contribution in [0.1, 0.15) is 25.3 Å². The number of benzene rings is 1. The van der Waals surface area contributed by atoms with E-state index in [1.54, 1.807) is 31.2 Å². The summed E-state index contributed by atoms with van der Waals surface area (Å²) in [5.41, 5.74) is 0.788. The van der Waals surface area contributed by atoms with Crippen LogP contribution in [0.15, 0.2) is 24.3 Å². The van der Waals surface area contributed by atoms with E-state index >= 15 is 0 Å². The zero-order valence-electron chi connectivity index (χ0n) is 12.2. The molecule has 1 aliphatic heterocycles. The predicted octanol–water partition coefficient (Wildman–Crippen LogP) is 1.64. The van der Waals surface area contributed by atoms with Crippen molar-refractivity contribution < 1.29 is 23.8 Å². The second-order valence-corrected chi connectivity index (χ2v) is 5.31. The Morgan fingerprint density at radius 1 is 1.32 bits per heavy atom. The van der Waals surface area contributed by atoms with Crippen LogP contribution in [0.2, 0.25) is 0 Å². The van der Waals surface area contributed by atoms with E-state index < -0.39 is 12.1 Å². The third-order valence-electron chi connectivity index (χ3n) is 3.39. The molecule has 0 saturated heterocycles. The molecule has 1 heterocycles. The van der Waals surface area contributed by atoms with E-state index in [9.17, 15) is 9.59 Å². The highest BCUT2D eigenvalue weighted by Crippen LogP contribution is 2.32. The monoisotopic (exact) mass is 303 g/mol. The molecular formula is C16H17NO5. The van der Waals surface area contributed by atoms with Gasteiger partial charge in [-0.15, -0.1) is 0 Å². The fraction of sp³-hybridized carbons (Fsp3) is 0.375. The lowest BCUT2D eigenvalue weighted by molar-refractivity contribution is -0.150. The molecule has 116 valence electrons. The van der Waals surface area contributed by atoms with Gasteiger partial charge in [-0.1, -0.05) is 6.07 Å². The number of rotatable bonds is 5. The first-order chi connectivity index (χ1) is 10.6. The number of ether oxygens (including phenoxy) is 3. The lowest BCUT2D eigenvalue weighted by atomic mass is 10.2. The Balaban J connectivity index is 1.53. The summed E-state index contributed by atoms with van der Waals surface area (Å²) >= 11 is 0. The van der Waals surface area contributed by atoms with Crippen LogP contribution in [0.4, 0.5) is 0 Å². The zero-order chi connectivity index (χ0) is 15.5. The molecule has 1 aromatic rings. The topological polar surface area (TPSA) is 73.9 Å². The molecule has 1 amide bonds. The summed E-state index contributed by atoms with van der Waals surface area (Å²) in [6.07, 6.45) is 4.09. The van der Waals surface area contributed by atoms with Gasteiger partial charge in [-0.2, -0.15) is 0 Å². The molecule has 3 rings (SSSR count). The molecule has 1 saturated carbocycles. The van der Waals surface area contributed by atoms with Gasteiger partial charge in [0.2, 0.25) is 6.79 Å². The molecule has 1 N–H and O–H groups in total. The SMILES string of the molecule is C[C@H](OC(=O)/C=C/c1ccc2c(c1)OCO2)C(=O)NC1CC1. The van der Waals surface area contributed by atoms with E-state index in [-0.39, 0.29) is 18.7 Å². The summed E-state index contributed by atoms with van der Waals surface area (Å²) in [6.45, 7) is 1.77. The van der Waals surface area contributed by atoms with Gasteiger partial charge in [0.25, 0.3) is 5.91 Å². The maximum atomic E-state index is 11.7. The summed E-state index contributed by atoms with van der Waals surface area (Å²) in [7, 11) is 0. The van der Waals surface area contributed by atoms with Crippen molar-refractivity contribution in [1.82, 2.24) is 5.32 Å². The third-order valence-corrected chi connectivity index (χ3v) is 3.39. The highest BCUT2D eigenvalue weighted by molar-refractivity contribution is 5.90. The van der Waals surface area contributed by atoms with E-state index in [2.05, 4.69) is 5.32 Å². The largest absolute Gasteiger partial charge is 0.454 e. The van der Waals surface area contributed by atoms with Gasteiger partial charge in [-0.3, -0.25) is 4.79 Å². The van der Waals surface area contributed by atoms with Gasteiger partial charge in [-0.05, 0) is 43.5 Å². The number of carbonyl (C=O) groups excluding carboxylic acids is 2. The molecule has 0 bridgehead atoms. The zero-order valence-corrected chi connectivity index (χ0v) is 12.2. The highest BCUT2D eigenvalue weighted by atomic mass is 16.7. The average Bonchev–Trinajstić information content (AvgIpc) is 3.19. The lowest BCUT2D eigenvalue weighted by Crippen LogP contribution is -2.36. The molecule has 1 aliphatic carbocycles. The van der Waals surface area contributed by atoms with Crippen LogP contribution in [-0.4, -0.2) is 30.8 Å². The van der Waals surface area contributed by atoms with Crippen molar-refractivity contribution in [3.8, 4) is 11.5 Å². The van der Waals surface area contributed by atoms with E-state index in [0.29, 0.717) is 11.5 Å². The molecule has 1 atom stereocenters. The van der Waals surface area contributed by atoms with E-state index in [1.807, 2.05) is 0 Å². The first-order valence-electron chi connectivity index (χ1n) is 7.20. The van der Waals surface area contributed by atoms with Crippen LogP contribution in [0.5, 0.6) is 11.5 Å². The minimum Gasteiger partial charge on any atom is -0.454 e. The maximum absolute atomic E-state index is 11.7. The molecule has 2 aliphatic rings. The van der Waals surface area contributed by atoms with Crippen LogP contribution in [0.25, 0.3) is 6.08 Å². The van der Waals surface area contributed by atoms with E-state index in [0.717, 1.165) is 18.4 Å². The summed E-state index contributed by atoms with van der Waals surface area (Å²) in [4.78, 5) is 23.4. The number of esters is 1. The average molecular weight is 303 g/mol. The summed E-state index contributed by atoms with van der Waals surface area (Å²) in [6, 6.07) is 5.60. The van der Waals surface area contributed by atoms with Gasteiger partial charge in [0.15, 0.2) is 17.6 Å². The standard InChI is InChI=1S/C16H17NO5/c1-10(16(19)17-12-4-5-12)22-15(18)7-3-11-2-6-13-14(8-11)21-9-20-13/h2-3,6-8,10,12H,4-5,9H2,1H3,(H,17,19)/b7-3+/t10-/m0/s1. The minimum atomic E-state index is -0.797. The lowest BCUT2D eigenvalue weighted by Gasteiger charge is -2.11. The Morgan fingerprint density at radius 3 is 2.86 bits per heavy atom. The summed E-state index contributed by atoms with van der Waals surface area (Å²) in [5.74, 6) is 0.515. The normalized spacial score (nSPS) is 17.3. The van der Waals surface area contributed by atoms with Crippen molar-refractivity contribution in [3.05, 3.63) is 29.8 Å². The second-order valence-electron chi connectivity index (χ2n) is 5.31. The van der Waals surface area contributed by atoms with Crippen molar-refractivity contribution in [2.24, 2.45) is 0 Å². The Bertz CT molecular complexity index is 621. The quantitative estimate of drug-likeness (QED) is 0.661. The molecule has 1 aromatic carbocycles. The van der Waals surface area contributed by atoms with Gasteiger partial charge in [-0.25, -0.2) is 4.79 Å². The molecule has 6 heteroatoms. The maximum Gasteiger partial charge on any atom is 0.331 e. The minimum absolute atomic E-state index is 0.207. The molecule has 6 nitrogen and oxygen atoms in total. The van der Waals surface area contributed by atoms with Crippen molar-refractivity contribution in [2.75, 3.05) is 6.79 Å². The van der Waals surface area contributed by atoms with Crippen LogP contribution < -0.4 is 14.8 Å². The smallest absolute Gasteiger partial charge is 0.331 e. The van der Waals surface area contributed by atoms with Gasteiger partial charge in [0.05, 0.1) is 0 Å². The Hall–Kier alpha value is -2.50. The van der Waals surface area contributed by atoms with Crippen molar-refractivity contribution >= 4 is 18.0 Å². The number of carbonyl (C=O) groups is 2. The molecule has 22 heavy (non-hydrogen) atoms. The summed E-state index contributed by atoms with van der Waals surface area (Å²) in [5, 5.41) is 2.79. The van der Waals surface area contributed by atoms with Crippen LogP contribution in [0, 0.1) is 0 Å². The number of amides is 1. The van der Waals surface area contributed by atoms with Crippen LogP contribution >= 0.6 is 0 Å². The van der Waals surface area contributed by atoms with Gasteiger partial charge in [0.1, 0.15) is 0 Å². The molecule has 0 aromatic heterocycles. The first-order valence-corrected chi connectivity index (χ1v) is 7.20. The van der Waals surface area contributed by atoms with Gasteiger partial charge < -0.3 is 19.5 Å². The molecule has 0 unspecified atom stereocenters.